The Labute approximate surface area is 168 Å². The van der Waals surface area contributed by atoms with E-state index >= 15 is 0 Å². The first kappa shape index (κ1) is 18.4. The van der Waals surface area contributed by atoms with Gasteiger partial charge in [-0.15, -0.1) is 0 Å². The van der Waals surface area contributed by atoms with E-state index in [1.807, 2.05) is 54.6 Å². The van der Waals surface area contributed by atoms with E-state index in [-0.39, 0.29) is 5.91 Å². The van der Waals surface area contributed by atoms with Gasteiger partial charge in [0.1, 0.15) is 0 Å². The second-order valence-electron chi connectivity index (χ2n) is 6.42. The van der Waals surface area contributed by atoms with Crippen LogP contribution >= 0.6 is 0 Å². The van der Waals surface area contributed by atoms with Crippen LogP contribution in [-0.4, -0.2) is 32.4 Å². The average molecular weight is 384 g/mol. The van der Waals surface area contributed by atoms with Gasteiger partial charge in [0, 0.05) is 47.9 Å². The molecule has 0 fully saturated rings. The first-order valence-electron chi connectivity index (χ1n) is 9.29. The number of amides is 1. The highest BCUT2D eigenvalue weighted by Gasteiger charge is 2.09. The number of nitrogens with one attached hydrogen (secondary N) is 3. The summed E-state index contributed by atoms with van der Waals surface area (Å²) < 4.78 is 0. The number of hydrogen-bond donors (Lipinski definition) is 3. The van der Waals surface area contributed by atoms with Crippen molar-refractivity contribution in [3.05, 3.63) is 90.6 Å². The summed E-state index contributed by atoms with van der Waals surface area (Å²) in [5.74, 6) is 0.381. The summed E-state index contributed by atoms with van der Waals surface area (Å²) in [6.07, 6.45) is 5.78. The number of aromatic amines is 1. The lowest BCUT2D eigenvalue weighted by Gasteiger charge is -2.08. The van der Waals surface area contributed by atoms with Crippen molar-refractivity contribution in [2.75, 3.05) is 11.9 Å². The van der Waals surface area contributed by atoms with E-state index < -0.39 is 0 Å². The predicted molar refractivity (Wildman–Crippen MR) is 112 cm³/mol. The molecule has 0 radical (unpaired) electrons. The van der Waals surface area contributed by atoms with Crippen LogP contribution in [0.3, 0.4) is 0 Å². The molecule has 4 rings (SSSR count). The zero-order valence-electron chi connectivity index (χ0n) is 15.7. The molecule has 0 atom stereocenters. The number of aromatic nitrogens is 4. The van der Waals surface area contributed by atoms with Gasteiger partial charge in [0.25, 0.3) is 5.91 Å². The zero-order chi connectivity index (χ0) is 19.9. The third-order valence-electron chi connectivity index (χ3n) is 4.34. The molecule has 0 spiro atoms. The van der Waals surface area contributed by atoms with Gasteiger partial charge in [-0.25, -0.2) is 15.0 Å². The Morgan fingerprint density at radius 2 is 1.93 bits per heavy atom. The summed E-state index contributed by atoms with van der Waals surface area (Å²) >= 11 is 0. The number of anilines is 2. The number of H-pyrrole nitrogens is 1. The number of carbonyl (C=O) groups is 1. The minimum Gasteiger partial charge on any atom is -0.352 e. The third-order valence-corrected chi connectivity index (χ3v) is 4.34. The van der Waals surface area contributed by atoms with Crippen molar-refractivity contribution in [3.63, 3.8) is 0 Å². The lowest BCUT2D eigenvalue weighted by Crippen LogP contribution is -2.25. The lowest BCUT2D eigenvalue weighted by atomic mass is 10.1. The van der Waals surface area contributed by atoms with Gasteiger partial charge in [0.15, 0.2) is 0 Å². The molecule has 4 aromatic rings. The molecule has 0 aliphatic carbocycles. The van der Waals surface area contributed by atoms with Gasteiger partial charge in [-0.05, 0) is 30.3 Å². The maximum Gasteiger partial charge on any atom is 0.251 e. The molecule has 2 aromatic heterocycles. The molecule has 2 aromatic carbocycles. The summed E-state index contributed by atoms with van der Waals surface area (Å²) in [7, 11) is 0. The molecule has 3 N–H and O–H groups in total. The van der Waals surface area contributed by atoms with Gasteiger partial charge in [-0.1, -0.05) is 30.3 Å². The standard InChI is InChI=1S/C22H20N6O/c29-21(24-11-9-19-14-23-15-26-19)17-6-4-5-16(13-17)20-10-12-25-22(28-20)27-18-7-2-1-3-8-18/h1-8,10,12-15H,9,11H2,(H,23,26)(H,24,29)(H,25,27,28). The summed E-state index contributed by atoms with van der Waals surface area (Å²) in [4.78, 5) is 28.3. The average Bonchev–Trinajstić information content (AvgIpc) is 3.28. The van der Waals surface area contributed by atoms with Crippen molar-refractivity contribution in [2.24, 2.45) is 0 Å². The van der Waals surface area contributed by atoms with Crippen LogP contribution in [0.15, 0.2) is 79.4 Å². The smallest absolute Gasteiger partial charge is 0.251 e. The van der Waals surface area contributed by atoms with Crippen LogP contribution < -0.4 is 10.6 Å². The lowest BCUT2D eigenvalue weighted by molar-refractivity contribution is 0.0954. The Morgan fingerprint density at radius 1 is 1.03 bits per heavy atom. The largest absolute Gasteiger partial charge is 0.352 e. The van der Waals surface area contributed by atoms with Gasteiger partial charge >= 0.3 is 0 Å². The van der Waals surface area contributed by atoms with Crippen LogP contribution in [0.25, 0.3) is 11.3 Å². The highest BCUT2D eigenvalue weighted by molar-refractivity contribution is 5.95. The SMILES string of the molecule is O=C(NCCc1cnc[nH]1)c1cccc(-c2ccnc(Nc3ccccc3)n2)c1. The van der Waals surface area contributed by atoms with Gasteiger partial charge < -0.3 is 15.6 Å². The molecule has 0 bridgehead atoms. The molecule has 1 amide bonds. The minimum atomic E-state index is -0.122. The topological polar surface area (TPSA) is 95.6 Å². The molecule has 29 heavy (non-hydrogen) atoms. The predicted octanol–water partition coefficient (Wildman–Crippen LogP) is 3.58. The van der Waals surface area contributed by atoms with Crippen molar-refractivity contribution < 1.29 is 4.79 Å². The Balaban J connectivity index is 1.45. The molecular weight excluding hydrogens is 364 g/mol. The van der Waals surface area contributed by atoms with Crippen molar-refractivity contribution in [1.82, 2.24) is 25.3 Å². The number of imidazole rings is 1. The quantitative estimate of drug-likeness (QED) is 0.453. The molecular formula is C22H20N6O. The van der Waals surface area contributed by atoms with Crippen molar-refractivity contribution in [1.29, 1.82) is 0 Å². The maximum absolute atomic E-state index is 12.5. The molecule has 2 heterocycles. The highest BCUT2D eigenvalue weighted by Crippen LogP contribution is 2.20. The van der Waals surface area contributed by atoms with Crippen molar-refractivity contribution in [3.8, 4) is 11.3 Å². The fourth-order valence-corrected chi connectivity index (χ4v) is 2.88. The van der Waals surface area contributed by atoms with E-state index in [0.29, 0.717) is 24.5 Å². The van der Waals surface area contributed by atoms with Gasteiger partial charge in [0.2, 0.25) is 5.95 Å². The second-order valence-corrected chi connectivity index (χ2v) is 6.42. The highest BCUT2D eigenvalue weighted by atomic mass is 16.1. The monoisotopic (exact) mass is 384 g/mol. The minimum absolute atomic E-state index is 0.122. The van der Waals surface area contributed by atoms with Crippen molar-refractivity contribution in [2.45, 2.75) is 6.42 Å². The van der Waals surface area contributed by atoms with Crippen LogP contribution in [0.2, 0.25) is 0 Å². The summed E-state index contributed by atoms with van der Waals surface area (Å²) in [6, 6.07) is 19.0. The van der Waals surface area contributed by atoms with E-state index in [4.69, 9.17) is 0 Å². The summed E-state index contributed by atoms with van der Waals surface area (Å²) in [6.45, 7) is 0.532. The molecule has 0 aliphatic heterocycles. The number of para-hydroxylation sites is 1. The van der Waals surface area contributed by atoms with E-state index in [1.165, 1.54) is 0 Å². The molecule has 0 aliphatic rings. The van der Waals surface area contributed by atoms with Crippen LogP contribution in [0.4, 0.5) is 11.6 Å². The molecule has 0 saturated carbocycles. The fraction of sp³-hybridized carbons (Fsp3) is 0.0909. The molecule has 144 valence electrons. The second kappa shape index (κ2) is 8.79. The van der Waals surface area contributed by atoms with Crippen LogP contribution in [0.5, 0.6) is 0 Å². The van der Waals surface area contributed by atoms with Crippen LogP contribution in [0.1, 0.15) is 16.1 Å². The normalized spacial score (nSPS) is 10.5. The Bertz CT molecular complexity index is 1080. The van der Waals surface area contributed by atoms with Crippen molar-refractivity contribution >= 4 is 17.5 Å². The number of nitrogens with zero attached hydrogens (tertiary/aromatic N) is 3. The number of benzene rings is 2. The summed E-state index contributed by atoms with van der Waals surface area (Å²) in [5.41, 5.74) is 4.08. The van der Waals surface area contributed by atoms with Crippen LogP contribution in [0, 0.1) is 0 Å². The van der Waals surface area contributed by atoms with Crippen LogP contribution in [-0.2, 0) is 6.42 Å². The molecule has 0 saturated heterocycles. The first-order valence-corrected chi connectivity index (χ1v) is 9.29. The Hall–Kier alpha value is -4.00. The Kier molecular flexibility index (Phi) is 5.57. The molecule has 0 unspecified atom stereocenters. The number of hydrogen-bond acceptors (Lipinski definition) is 5. The van der Waals surface area contributed by atoms with Gasteiger partial charge in [-0.2, -0.15) is 0 Å². The van der Waals surface area contributed by atoms with Gasteiger partial charge in [0.05, 0.1) is 12.0 Å². The zero-order valence-corrected chi connectivity index (χ0v) is 15.7. The fourth-order valence-electron chi connectivity index (χ4n) is 2.88. The Morgan fingerprint density at radius 3 is 2.76 bits per heavy atom. The van der Waals surface area contributed by atoms with E-state index in [0.717, 1.165) is 22.6 Å². The molecule has 7 nitrogen and oxygen atoms in total. The number of rotatable bonds is 7. The third kappa shape index (κ3) is 4.84. The maximum atomic E-state index is 12.5. The summed E-state index contributed by atoms with van der Waals surface area (Å²) in [5, 5.41) is 6.11. The van der Waals surface area contributed by atoms with Gasteiger partial charge in [-0.3, -0.25) is 4.79 Å². The van der Waals surface area contributed by atoms with E-state index in [9.17, 15) is 4.79 Å². The first-order chi connectivity index (χ1) is 14.3. The molecule has 7 heteroatoms. The number of carbonyl (C=O) groups excluding carboxylic acids is 1. The van der Waals surface area contributed by atoms with E-state index in [2.05, 4.69) is 30.6 Å². The van der Waals surface area contributed by atoms with E-state index in [1.54, 1.807) is 24.8 Å².